The minimum absolute atomic E-state index is 0.0869. The van der Waals surface area contributed by atoms with E-state index < -0.39 is 18.7 Å². The summed E-state index contributed by atoms with van der Waals surface area (Å²) >= 11 is 0. The molecule has 3 aromatic rings. The van der Waals surface area contributed by atoms with E-state index in [1.165, 1.54) is 0 Å². The first-order chi connectivity index (χ1) is 21.2. The quantitative estimate of drug-likeness (QED) is 0.140. The Bertz CT molecular complexity index is 1610. The third-order valence-corrected chi connectivity index (χ3v) is 7.91. The summed E-state index contributed by atoms with van der Waals surface area (Å²) in [6.45, 7) is 5.94. The van der Waals surface area contributed by atoms with Gasteiger partial charge in [-0.25, -0.2) is 9.67 Å². The first kappa shape index (κ1) is 32.5. The highest BCUT2D eigenvalue weighted by molar-refractivity contribution is 5.75. The molecule has 2 aromatic heterocycles. The maximum atomic E-state index is 9.67. The molecule has 6 N–H and O–H groups in total. The summed E-state index contributed by atoms with van der Waals surface area (Å²) in [6, 6.07) is 12.2. The lowest BCUT2D eigenvalue weighted by Crippen LogP contribution is -2.62. The topological polar surface area (TPSA) is 171 Å². The van der Waals surface area contributed by atoms with Crippen LogP contribution >= 0.6 is 0 Å². The van der Waals surface area contributed by atoms with E-state index in [-0.39, 0.29) is 4.90 Å². The maximum absolute atomic E-state index is 9.67. The predicted molar refractivity (Wildman–Crippen MR) is 167 cm³/mol. The van der Waals surface area contributed by atoms with Gasteiger partial charge in [0.1, 0.15) is 0 Å². The second-order valence-corrected chi connectivity index (χ2v) is 11.4. The largest absolute Gasteiger partial charge is 0.380 e. The van der Waals surface area contributed by atoms with Gasteiger partial charge in [0.25, 0.3) is 0 Å². The van der Waals surface area contributed by atoms with Crippen molar-refractivity contribution in [2.45, 2.75) is 32.5 Å². The Morgan fingerprint density at radius 2 is 1.73 bits per heavy atom. The van der Waals surface area contributed by atoms with Gasteiger partial charge in [0.05, 0.1) is 31.1 Å². The molecule has 0 radical (unpaired) electrons. The normalized spacial score (nSPS) is 16.3. The highest BCUT2D eigenvalue weighted by atomic mass is 16.8. The van der Waals surface area contributed by atoms with Crippen molar-refractivity contribution >= 4 is 11.8 Å². The molecule has 0 spiro atoms. The van der Waals surface area contributed by atoms with Gasteiger partial charge in [-0.05, 0) is 49.3 Å². The van der Waals surface area contributed by atoms with Crippen LogP contribution in [-0.2, 0) is 11.2 Å². The van der Waals surface area contributed by atoms with Crippen molar-refractivity contribution in [3.63, 3.8) is 0 Å². The maximum Gasteiger partial charge on any atom is 0.352 e. The number of benzene rings is 1. The van der Waals surface area contributed by atoms with Gasteiger partial charge in [-0.3, -0.25) is 0 Å². The fraction of sp³-hybridized carbons (Fsp3) is 0.375. The minimum atomic E-state index is -3.72. The van der Waals surface area contributed by atoms with Crippen LogP contribution in [0.15, 0.2) is 71.6 Å². The summed E-state index contributed by atoms with van der Waals surface area (Å²) in [4.78, 5) is 8.79. The van der Waals surface area contributed by atoms with Gasteiger partial charge in [-0.2, -0.15) is 5.10 Å². The van der Waals surface area contributed by atoms with Crippen LogP contribution in [0.3, 0.4) is 0 Å². The number of rotatable bonds is 10. The van der Waals surface area contributed by atoms with Crippen LogP contribution in [0.5, 0.6) is 0 Å². The summed E-state index contributed by atoms with van der Waals surface area (Å²) < 4.78 is 7.40. The molecule has 2 aliphatic rings. The second-order valence-electron chi connectivity index (χ2n) is 11.4. The van der Waals surface area contributed by atoms with E-state index in [2.05, 4.69) is 17.0 Å². The second kappa shape index (κ2) is 12.8. The average molecular weight is 621 g/mol. The number of allylic oxidation sites excluding steroid dienone is 4. The van der Waals surface area contributed by atoms with Crippen molar-refractivity contribution in [3.8, 4) is 17.1 Å². The fourth-order valence-electron chi connectivity index (χ4n) is 5.50. The van der Waals surface area contributed by atoms with E-state index in [1.54, 1.807) is 29.8 Å². The number of hydrogen-bond donors (Lipinski definition) is 6. The first-order valence-electron chi connectivity index (χ1n) is 14.6. The lowest BCUT2D eigenvalue weighted by Gasteiger charge is -2.37. The molecule has 1 saturated heterocycles. The fourth-order valence-corrected chi connectivity index (χ4v) is 5.50. The van der Waals surface area contributed by atoms with Gasteiger partial charge >= 0.3 is 12.2 Å². The average Bonchev–Trinajstić information content (AvgIpc) is 3.64. The molecule has 45 heavy (non-hydrogen) atoms. The van der Waals surface area contributed by atoms with Crippen LogP contribution in [0.1, 0.15) is 23.7 Å². The molecule has 0 saturated carbocycles. The number of ether oxygens (including phenoxy) is 1. The van der Waals surface area contributed by atoms with Crippen LogP contribution in [-0.4, -0.2) is 114 Å². The molecule has 0 amide bonds. The molecule has 3 heterocycles. The van der Waals surface area contributed by atoms with Crippen molar-refractivity contribution in [1.29, 1.82) is 0 Å². The monoisotopic (exact) mass is 620 g/mol. The van der Waals surface area contributed by atoms with Crippen LogP contribution in [0.25, 0.3) is 23.2 Å². The van der Waals surface area contributed by atoms with Crippen LogP contribution in [0.2, 0.25) is 0 Å². The number of pyridine rings is 1. The highest BCUT2D eigenvalue weighted by Crippen LogP contribution is 2.37. The number of aliphatic hydroxyl groups is 6. The number of hydrogen-bond acceptors (Lipinski definition) is 12. The zero-order chi connectivity index (χ0) is 32.5. The molecule has 0 bridgehead atoms. The smallest absolute Gasteiger partial charge is 0.352 e. The van der Waals surface area contributed by atoms with Gasteiger partial charge in [0, 0.05) is 68.4 Å². The Hall–Kier alpha value is -3.92. The number of anilines is 1. The molecule has 1 aliphatic heterocycles. The first-order valence-corrected chi connectivity index (χ1v) is 14.6. The molecule has 13 nitrogen and oxygen atoms in total. The van der Waals surface area contributed by atoms with Gasteiger partial charge in [0.2, 0.25) is 0 Å². The van der Waals surface area contributed by atoms with Gasteiger partial charge < -0.3 is 45.2 Å². The lowest BCUT2D eigenvalue weighted by atomic mass is 10.0. The van der Waals surface area contributed by atoms with Crippen molar-refractivity contribution in [2.75, 3.05) is 51.8 Å². The van der Waals surface area contributed by atoms with E-state index in [0.717, 1.165) is 58.0 Å². The Kier molecular flexibility index (Phi) is 9.26. The molecule has 1 fully saturated rings. The summed E-state index contributed by atoms with van der Waals surface area (Å²) in [5.41, 5.74) is 7.88. The van der Waals surface area contributed by atoms with Gasteiger partial charge in [-0.1, -0.05) is 29.8 Å². The predicted octanol–water partition coefficient (Wildman–Crippen LogP) is 0.889. The van der Waals surface area contributed by atoms with Crippen LogP contribution < -0.4 is 4.90 Å². The Labute approximate surface area is 261 Å². The summed E-state index contributed by atoms with van der Waals surface area (Å²) in [5.74, 6) is 0.671. The number of likely N-dealkylation sites (N-methyl/N-ethyl adjacent to an activating group) is 1. The Morgan fingerprint density at radius 3 is 2.36 bits per heavy atom. The molecular weight excluding hydrogens is 580 g/mol. The van der Waals surface area contributed by atoms with Crippen LogP contribution in [0, 0.1) is 6.92 Å². The van der Waals surface area contributed by atoms with Crippen molar-refractivity contribution in [3.05, 3.63) is 88.4 Å². The molecule has 0 atom stereocenters. The van der Waals surface area contributed by atoms with E-state index in [4.69, 9.17) is 14.8 Å². The van der Waals surface area contributed by atoms with E-state index in [9.17, 15) is 30.6 Å². The summed E-state index contributed by atoms with van der Waals surface area (Å²) in [7, 11) is 3.33. The minimum Gasteiger partial charge on any atom is -0.380 e. The number of nitrogens with zero attached hydrogens (tertiary/aromatic N) is 6. The van der Waals surface area contributed by atoms with Crippen molar-refractivity contribution in [2.24, 2.45) is 0 Å². The molecule has 240 valence electrons. The van der Waals surface area contributed by atoms with E-state index >= 15 is 0 Å². The Morgan fingerprint density at radius 1 is 1.02 bits per heavy atom. The summed E-state index contributed by atoms with van der Waals surface area (Å²) in [6.07, 6.45) is 0.592. The van der Waals surface area contributed by atoms with Gasteiger partial charge in [0.15, 0.2) is 5.82 Å². The molecule has 5 rings (SSSR count). The molecule has 13 heteroatoms. The van der Waals surface area contributed by atoms with Crippen LogP contribution in [0.4, 0.5) is 5.69 Å². The third-order valence-electron chi connectivity index (χ3n) is 7.91. The standard InChI is InChI=1S/C32H40N6O7/c1-5-22(16-25(35(3)4)20-38(31(39,40)41)32(42,43)44)24-17-26-28(18-24)33-30(19-29(26)36-11-13-45-14-12-36)37-10-9-27(34-37)23-8-6-7-21(2)15-23/h5-10,15-16,18-19,39-44H,11-14,17,20H2,1-4H3/b22-5+,25-16-. The highest BCUT2D eigenvalue weighted by Gasteiger charge is 2.44. The molecule has 0 unspecified atom stereocenters. The number of aryl methyl sites for hydroxylation is 1. The number of fused-ring (bicyclic) bond motifs is 1. The zero-order valence-electron chi connectivity index (χ0n) is 25.8. The third kappa shape index (κ3) is 7.32. The number of morpholine rings is 1. The number of aromatic nitrogens is 3. The molecular formula is C32H40N6O7. The summed E-state index contributed by atoms with van der Waals surface area (Å²) in [5, 5.41) is 62.9. The molecule has 1 aromatic carbocycles. The Balaban J connectivity index is 1.52. The lowest BCUT2D eigenvalue weighted by molar-refractivity contribution is -0.508. The van der Waals surface area contributed by atoms with Gasteiger partial charge in [-0.15, -0.1) is 4.90 Å². The SMILES string of the molecule is C/C=C(\C=C(\CN(C(O)(O)O)C(O)(O)O)N(C)C)C1=Cc2nc(-n3ccc(-c4cccc(C)c4)n3)cc(N3CCOCC3)c2C1. The molecule has 1 aliphatic carbocycles. The van der Waals surface area contributed by atoms with E-state index in [1.807, 2.05) is 56.5 Å². The van der Waals surface area contributed by atoms with E-state index in [0.29, 0.717) is 31.1 Å². The zero-order valence-corrected chi connectivity index (χ0v) is 25.8. The van der Waals surface area contributed by atoms with Crippen molar-refractivity contribution in [1.82, 2.24) is 24.6 Å². The van der Waals surface area contributed by atoms with Crippen molar-refractivity contribution < 1.29 is 35.4 Å².